The zero-order chi connectivity index (χ0) is 15.9. The van der Waals surface area contributed by atoms with Crippen LogP contribution in [0.25, 0.3) is 0 Å². The maximum atomic E-state index is 5.38. The predicted molar refractivity (Wildman–Crippen MR) is 87.8 cm³/mol. The minimum atomic E-state index is 0.578. The third-order valence-corrected chi connectivity index (χ3v) is 3.55. The summed E-state index contributed by atoms with van der Waals surface area (Å²) < 4.78 is 10.8. The average molecular weight is 315 g/mol. The van der Waals surface area contributed by atoms with Crippen molar-refractivity contribution in [1.82, 2.24) is 15.0 Å². The van der Waals surface area contributed by atoms with Gasteiger partial charge >= 0.3 is 0 Å². The number of nitrogens with one attached hydrogen (secondary N) is 1. The van der Waals surface area contributed by atoms with E-state index in [1.54, 1.807) is 6.07 Å². The Bertz CT molecular complexity index is 631. The lowest BCUT2D eigenvalue weighted by atomic mass is 10.2. The molecular formula is C16H21N5O2. The van der Waals surface area contributed by atoms with Gasteiger partial charge in [-0.05, 0) is 24.6 Å². The van der Waals surface area contributed by atoms with E-state index in [1.807, 2.05) is 19.2 Å². The Morgan fingerprint density at radius 3 is 2.91 bits per heavy atom. The molecule has 3 rings (SSSR count). The highest BCUT2D eigenvalue weighted by Crippen LogP contribution is 2.16. The molecule has 2 aromatic heterocycles. The lowest BCUT2D eigenvalue weighted by Gasteiger charge is -2.28. The van der Waals surface area contributed by atoms with Crippen LogP contribution in [-0.4, -0.2) is 47.9 Å². The van der Waals surface area contributed by atoms with Gasteiger partial charge in [0.1, 0.15) is 18.0 Å². The van der Waals surface area contributed by atoms with Crippen molar-refractivity contribution in [2.24, 2.45) is 0 Å². The van der Waals surface area contributed by atoms with Crippen LogP contribution >= 0.6 is 0 Å². The molecule has 1 saturated heterocycles. The summed E-state index contributed by atoms with van der Waals surface area (Å²) in [5, 5.41) is 3.29. The van der Waals surface area contributed by atoms with Crippen molar-refractivity contribution in [2.75, 3.05) is 43.1 Å². The standard InChI is InChI=1S/C16H21N5O2/c1-2-23-16-10-14(19-12-20-16)18-11-13-3-4-17-15(9-13)21-5-7-22-8-6-21/h3-4,9-10,12H,2,5-8,11H2,1H3,(H,18,19,20). The molecule has 7 heteroatoms. The van der Waals surface area contributed by atoms with Gasteiger partial charge in [0.25, 0.3) is 0 Å². The number of hydrogen-bond acceptors (Lipinski definition) is 7. The van der Waals surface area contributed by atoms with Crippen LogP contribution in [0.1, 0.15) is 12.5 Å². The Morgan fingerprint density at radius 2 is 2.09 bits per heavy atom. The number of anilines is 2. The minimum absolute atomic E-state index is 0.578. The molecule has 0 saturated carbocycles. The molecule has 2 aromatic rings. The lowest BCUT2D eigenvalue weighted by molar-refractivity contribution is 0.122. The highest BCUT2D eigenvalue weighted by atomic mass is 16.5. The largest absolute Gasteiger partial charge is 0.478 e. The number of hydrogen-bond donors (Lipinski definition) is 1. The van der Waals surface area contributed by atoms with Crippen molar-refractivity contribution in [2.45, 2.75) is 13.5 Å². The summed E-state index contributed by atoms with van der Waals surface area (Å²) in [7, 11) is 0. The number of aromatic nitrogens is 3. The normalized spacial score (nSPS) is 14.6. The van der Waals surface area contributed by atoms with Gasteiger partial charge in [-0.3, -0.25) is 0 Å². The van der Waals surface area contributed by atoms with Gasteiger partial charge in [0.2, 0.25) is 5.88 Å². The number of pyridine rings is 1. The molecular weight excluding hydrogens is 294 g/mol. The fraction of sp³-hybridized carbons (Fsp3) is 0.438. The Morgan fingerprint density at radius 1 is 1.22 bits per heavy atom. The highest BCUT2D eigenvalue weighted by Gasteiger charge is 2.12. The van der Waals surface area contributed by atoms with Gasteiger partial charge in [-0.1, -0.05) is 0 Å². The van der Waals surface area contributed by atoms with E-state index in [-0.39, 0.29) is 0 Å². The second-order valence-corrected chi connectivity index (χ2v) is 5.15. The summed E-state index contributed by atoms with van der Waals surface area (Å²) in [4.78, 5) is 15.0. The second kappa shape index (κ2) is 7.73. The van der Waals surface area contributed by atoms with Gasteiger partial charge in [-0.2, -0.15) is 0 Å². The Kier molecular flexibility index (Phi) is 5.21. The summed E-state index contributed by atoms with van der Waals surface area (Å²) in [5.41, 5.74) is 1.15. The molecule has 0 amide bonds. The molecule has 23 heavy (non-hydrogen) atoms. The summed E-state index contributed by atoms with van der Waals surface area (Å²) in [6.07, 6.45) is 3.34. The Hall–Kier alpha value is -2.41. The first-order valence-electron chi connectivity index (χ1n) is 7.81. The molecule has 1 aliphatic rings. The smallest absolute Gasteiger partial charge is 0.218 e. The molecule has 1 N–H and O–H groups in total. The van der Waals surface area contributed by atoms with Crippen LogP contribution in [0, 0.1) is 0 Å². The minimum Gasteiger partial charge on any atom is -0.478 e. The van der Waals surface area contributed by atoms with Gasteiger partial charge in [-0.15, -0.1) is 0 Å². The number of rotatable bonds is 6. The first-order chi connectivity index (χ1) is 11.3. The fourth-order valence-electron chi connectivity index (χ4n) is 2.39. The van der Waals surface area contributed by atoms with Crippen LogP contribution in [0.15, 0.2) is 30.7 Å². The number of morpholine rings is 1. The topological polar surface area (TPSA) is 72.4 Å². The number of ether oxygens (including phenoxy) is 2. The van der Waals surface area contributed by atoms with Crippen molar-refractivity contribution < 1.29 is 9.47 Å². The highest BCUT2D eigenvalue weighted by molar-refractivity contribution is 5.43. The summed E-state index contributed by atoms with van der Waals surface area (Å²) in [6.45, 7) is 6.46. The van der Waals surface area contributed by atoms with Crippen LogP contribution in [-0.2, 0) is 11.3 Å². The van der Waals surface area contributed by atoms with E-state index in [2.05, 4.69) is 31.2 Å². The molecule has 0 aromatic carbocycles. The van der Waals surface area contributed by atoms with Gasteiger partial charge in [0, 0.05) is 31.9 Å². The zero-order valence-electron chi connectivity index (χ0n) is 13.2. The molecule has 7 nitrogen and oxygen atoms in total. The van der Waals surface area contributed by atoms with Gasteiger partial charge in [0.05, 0.1) is 19.8 Å². The van der Waals surface area contributed by atoms with Crippen LogP contribution in [0.3, 0.4) is 0 Å². The lowest BCUT2D eigenvalue weighted by Crippen LogP contribution is -2.36. The van der Waals surface area contributed by atoms with Crippen molar-refractivity contribution in [3.63, 3.8) is 0 Å². The van der Waals surface area contributed by atoms with Crippen LogP contribution in [0.5, 0.6) is 5.88 Å². The molecule has 0 aliphatic carbocycles. The second-order valence-electron chi connectivity index (χ2n) is 5.15. The monoisotopic (exact) mass is 315 g/mol. The van der Waals surface area contributed by atoms with Gasteiger partial charge < -0.3 is 19.7 Å². The van der Waals surface area contributed by atoms with Crippen LogP contribution < -0.4 is 15.0 Å². The zero-order valence-corrected chi connectivity index (χ0v) is 13.2. The fourth-order valence-corrected chi connectivity index (χ4v) is 2.39. The molecule has 1 aliphatic heterocycles. The van der Waals surface area contributed by atoms with Crippen molar-refractivity contribution in [1.29, 1.82) is 0 Å². The maximum Gasteiger partial charge on any atom is 0.218 e. The quantitative estimate of drug-likeness (QED) is 0.870. The van der Waals surface area contributed by atoms with Gasteiger partial charge in [0.15, 0.2) is 0 Å². The molecule has 3 heterocycles. The van der Waals surface area contributed by atoms with E-state index in [1.165, 1.54) is 6.33 Å². The van der Waals surface area contributed by atoms with Crippen LogP contribution in [0.2, 0.25) is 0 Å². The first kappa shape index (κ1) is 15.5. The van der Waals surface area contributed by atoms with E-state index >= 15 is 0 Å². The summed E-state index contributed by atoms with van der Waals surface area (Å²) in [5.74, 6) is 2.31. The molecule has 0 unspecified atom stereocenters. The van der Waals surface area contributed by atoms with E-state index in [9.17, 15) is 0 Å². The Balaban J connectivity index is 1.62. The average Bonchev–Trinajstić information content (AvgIpc) is 2.62. The van der Waals surface area contributed by atoms with Crippen molar-refractivity contribution >= 4 is 11.6 Å². The third-order valence-electron chi connectivity index (χ3n) is 3.55. The number of nitrogens with zero attached hydrogens (tertiary/aromatic N) is 4. The van der Waals surface area contributed by atoms with Crippen molar-refractivity contribution in [3.8, 4) is 5.88 Å². The van der Waals surface area contributed by atoms with E-state index < -0.39 is 0 Å². The van der Waals surface area contributed by atoms with E-state index in [4.69, 9.17) is 9.47 Å². The summed E-state index contributed by atoms with van der Waals surface area (Å²) in [6, 6.07) is 5.90. The van der Waals surface area contributed by atoms with E-state index in [0.717, 1.165) is 43.5 Å². The molecule has 1 fully saturated rings. The SMILES string of the molecule is CCOc1cc(NCc2ccnc(N3CCOCC3)c2)ncn1. The molecule has 122 valence electrons. The Labute approximate surface area is 135 Å². The van der Waals surface area contributed by atoms with Gasteiger partial charge in [-0.25, -0.2) is 15.0 Å². The maximum absolute atomic E-state index is 5.38. The molecule has 0 radical (unpaired) electrons. The molecule has 0 atom stereocenters. The third kappa shape index (κ3) is 4.29. The first-order valence-corrected chi connectivity index (χ1v) is 7.81. The molecule has 0 spiro atoms. The predicted octanol–water partition coefficient (Wildman–Crippen LogP) is 1.72. The summed E-state index contributed by atoms with van der Waals surface area (Å²) >= 11 is 0. The van der Waals surface area contributed by atoms with Crippen molar-refractivity contribution in [3.05, 3.63) is 36.3 Å². The van der Waals surface area contributed by atoms with E-state index in [0.29, 0.717) is 19.0 Å². The molecule has 0 bridgehead atoms. The van der Waals surface area contributed by atoms with Crippen LogP contribution in [0.4, 0.5) is 11.6 Å².